The predicted octanol–water partition coefficient (Wildman–Crippen LogP) is -1.81. The molecule has 0 aliphatic carbocycles. The van der Waals surface area contributed by atoms with Crippen molar-refractivity contribution >= 4 is 11.9 Å². The number of hydrogen-bond donors (Lipinski definition) is 3. The average Bonchev–Trinajstić information content (AvgIpc) is 2.52. The van der Waals surface area contributed by atoms with Crippen molar-refractivity contribution in [3.8, 4) is 0 Å². The third kappa shape index (κ3) is 7.41. The molecule has 0 bridgehead atoms. The van der Waals surface area contributed by atoms with Gasteiger partial charge in [-0.25, -0.2) is 9.59 Å². The molecule has 6 heteroatoms. The molecule has 0 saturated carbocycles. The van der Waals surface area contributed by atoms with E-state index < -0.39 is 11.9 Å². The number of cyclic esters (lactones) is 2. The van der Waals surface area contributed by atoms with Crippen molar-refractivity contribution in [2.24, 2.45) is 0 Å². The van der Waals surface area contributed by atoms with E-state index in [0.29, 0.717) is 13.1 Å². The number of rotatable bonds is 4. The van der Waals surface area contributed by atoms with E-state index in [-0.39, 0.29) is 13.2 Å². The first-order valence-electron chi connectivity index (χ1n) is 4.07. The van der Waals surface area contributed by atoms with E-state index in [1.807, 2.05) is 0 Å². The van der Waals surface area contributed by atoms with Crippen LogP contribution in [0.15, 0.2) is 12.2 Å². The summed E-state index contributed by atoms with van der Waals surface area (Å²) in [7, 11) is 0. The van der Waals surface area contributed by atoms with E-state index in [1.165, 1.54) is 0 Å². The Hall–Kier alpha value is -1.24. The van der Waals surface area contributed by atoms with Crippen molar-refractivity contribution in [2.75, 3.05) is 26.3 Å². The van der Waals surface area contributed by atoms with E-state index in [9.17, 15) is 9.59 Å². The molecule has 1 heterocycles. The topological polar surface area (TPSA) is 95.9 Å². The Labute approximate surface area is 81.2 Å². The van der Waals surface area contributed by atoms with Gasteiger partial charge in [-0.1, -0.05) is 0 Å². The number of esters is 2. The van der Waals surface area contributed by atoms with Crippen molar-refractivity contribution in [2.45, 2.75) is 0 Å². The minimum absolute atomic E-state index is 0.139. The van der Waals surface area contributed by atoms with Crippen molar-refractivity contribution in [3.63, 3.8) is 0 Å². The van der Waals surface area contributed by atoms with E-state index in [2.05, 4.69) is 10.1 Å². The van der Waals surface area contributed by atoms with Crippen molar-refractivity contribution in [3.05, 3.63) is 12.2 Å². The summed E-state index contributed by atoms with van der Waals surface area (Å²) < 4.78 is 3.97. The molecule has 0 atom stereocenters. The van der Waals surface area contributed by atoms with Crippen LogP contribution >= 0.6 is 0 Å². The quantitative estimate of drug-likeness (QED) is 0.283. The highest BCUT2D eigenvalue weighted by atomic mass is 16.6. The Morgan fingerprint density at radius 2 is 1.50 bits per heavy atom. The number of ether oxygens (including phenoxy) is 1. The third-order valence-corrected chi connectivity index (χ3v) is 1.13. The lowest BCUT2D eigenvalue weighted by Crippen LogP contribution is -2.21. The molecule has 1 rings (SSSR count). The Morgan fingerprint density at radius 3 is 1.71 bits per heavy atom. The van der Waals surface area contributed by atoms with Crippen LogP contribution < -0.4 is 5.32 Å². The van der Waals surface area contributed by atoms with Gasteiger partial charge in [0.15, 0.2) is 0 Å². The van der Waals surface area contributed by atoms with Gasteiger partial charge in [-0.2, -0.15) is 0 Å². The second-order valence-corrected chi connectivity index (χ2v) is 2.27. The molecule has 0 amide bonds. The summed E-state index contributed by atoms with van der Waals surface area (Å²) in [6.45, 7) is 1.42. The van der Waals surface area contributed by atoms with E-state index in [1.54, 1.807) is 0 Å². The normalized spacial score (nSPS) is 13.6. The van der Waals surface area contributed by atoms with Crippen LogP contribution in [0.4, 0.5) is 0 Å². The molecule has 0 spiro atoms. The molecule has 3 N–H and O–H groups in total. The van der Waals surface area contributed by atoms with Crippen LogP contribution in [0.3, 0.4) is 0 Å². The highest BCUT2D eigenvalue weighted by Gasteiger charge is 2.10. The van der Waals surface area contributed by atoms with Gasteiger partial charge in [0.1, 0.15) is 0 Å². The number of aliphatic hydroxyl groups is 2. The third-order valence-electron chi connectivity index (χ3n) is 1.13. The lowest BCUT2D eigenvalue weighted by molar-refractivity contribution is -0.150. The van der Waals surface area contributed by atoms with Gasteiger partial charge in [0, 0.05) is 25.2 Å². The van der Waals surface area contributed by atoms with Crippen LogP contribution in [0.2, 0.25) is 0 Å². The molecule has 0 radical (unpaired) electrons. The van der Waals surface area contributed by atoms with Gasteiger partial charge in [0.2, 0.25) is 0 Å². The summed E-state index contributed by atoms with van der Waals surface area (Å²) in [4.78, 5) is 19.8. The summed E-state index contributed by atoms with van der Waals surface area (Å²) >= 11 is 0. The number of carbonyl (C=O) groups is 2. The lowest BCUT2D eigenvalue weighted by atomic mass is 10.6. The maximum absolute atomic E-state index is 9.92. The molecule has 6 nitrogen and oxygen atoms in total. The van der Waals surface area contributed by atoms with Gasteiger partial charge in [-0.05, 0) is 0 Å². The summed E-state index contributed by atoms with van der Waals surface area (Å²) in [5, 5.41) is 19.1. The largest absolute Gasteiger partial charge is 0.395 e. The van der Waals surface area contributed by atoms with Crippen LogP contribution in [-0.2, 0) is 14.3 Å². The standard InChI is InChI=1S/C4H11NO2.C4H2O3/c6-3-1-5-2-4-7;5-3-1-2-4(6)7-3/h5-7H,1-4H2;1-2H. The molecule has 0 aromatic heterocycles. The molecule has 0 saturated heterocycles. The molecule has 1 aliphatic heterocycles. The second-order valence-electron chi connectivity index (χ2n) is 2.27. The molecule has 1 aliphatic rings. The van der Waals surface area contributed by atoms with E-state index >= 15 is 0 Å². The average molecular weight is 203 g/mol. The Kier molecular flexibility index (Phi) is 7.62. The first kappa shape index (κ1) is 12.8. The SMILES string of the molecule is O=C1C=CC(=O)O1.OCCNCCO. The molecular weight excluding hydrogens is 190 g/mol. The minimum Gasteiger partial charge on any atom is -0.395 e. The smallest absolute Gasteiger partial charge is 0.338 e. The maximum atomic E-state index is 9.92. The fourth-order valence-electron chi connectivity index (χ4n) is 0.586. The fourth-order valence-corrected chi connectivity index (χ4v) is 0.586. The number of hydrogen-bond acceptors (Lipinski definition) is 6. The van der Waals surface area contributed by atoms with Crippen molar-refractivity contribution in [1.82, 2.24) is 5.32 Å². The number of carbonyl (C=O) groups excluding carboxylic acids is 2. The van der Waals surface area contributed by atoms with Gasteiger partial charge < -0.3 is 20.3 Å². The first-order valence-corrected chi connectivity index (χ1v) is 4.07. The van der Waals surface area contributed by atoms with Crippen molar-refractivity contribution in [1.29, 1.82) is 0 Å². The van der Waals surface area contributed by atoms with Gasteiger partial charge in [-0.3, -0.25) is 0 Å². The zero-order valence-electron chi connectivity index (χ0n) is 7.60. The molecule has 14 heavy (non-hydrogen) atoms. The van der Waals surface area contributed by atoms with Crippen LogP contribution in [0.1, 0.15) is 0 Å². The molecule has 0 fully saturated rings. The van der Waals surface area contributed by atoms with Crippen LogP contribution in [0, 0.1) is 0 Å². The van der Waals surface area contributed by atoms with Gasteiger partial charge in [0.25, 0.3) is 0 Å². The number of nitrogens with one attached hydrogen (secondary N) is 1. The molecule has 0 aromatic carbocycles. The zero-order valence-corrected chi connectivity index (χ0v) is 7.60. The minimum atomic E-state index is -0.579. The summed E-state index contributed by atoms with van der Waals surface area (Å²) in [6, 6.07) is 0. The summed E-state index contributed by atoms with van der Waals surface area (Å²) in [5.74, 6) is -1.16. The highest BCUT2D eigenvalue weighted by Crippen LogP contribution is 1.92. The predicted molar refractivity (Wildman–Crippen MR) is 47.3 cm³/mol. The zero-order chi connectivity index (χ0) is 10.8. The van der Waals surface area contributed by atoms with Gasteiger partial charge in [-0.15, -0.1) is 0 Å². The fraction of sp³-hybridized carbons (Fsp3) is 0.500. The monoisotopic (exact) mass is 203 g/mol. The van der Waals surface area contributed by atoms with E-state index in [4.69, 9.17) is 10.2 Å². The van der Waals surface area contributed by atoms with Crippen LogP contribution in [0.5, 0.6) is 0 Å². The second kappa shape index (κ2) is 8.36. The van der Waals surface area contributed by atoms with Crippen LogP contribution in [-0.4, -0.2) is 48.5 Å². The van der Waals surface area contributed by atoms with Gasteiger partial charge >= 0.3 is 11.9 Å². The Balaban J connectivity index is 0.000000241. The Bertz CT molecular complexity index is 194. The van der Waals surface area contributed by atoms with Crippen molar-refractivity contribution < 1.29 is 24.5 Å². The number of aliphatic hydroxyl groups excluding tert-OH is 2. The highest BCUT2D eigenvalue weighted by molar-refractivity contribution is 6.04. The summed E-state index contributed by atoms with van der Waals surface area (Å²) in [5.41, 5.74) is 0. The maximum Gasteiger partial charge on any atom is 0.338 e. The Morgan fingerprint density at radius 1 is 1.07 bits per heavy atom. The lowest BCUT2D eigenvalue weighted by Gasteiger charge is -1.94. The van der Waals surface area contributed by atoms with Gasteiger partial charge in [0.05, 0.1) is 13.2 Å². The molecular formula is C8H13NO5. The van der Waals surface area contributed by atoms with E-state index in [0.717, 1.165) is 12.2 Å². The first-order chi connectivity index (χ1) is 6.70. The van der Waals surface area contributed by atoms with Crippen LogP contribution in [0.25, 0.3) is 0 Å². The molecule has 80 valence electrons. The molecule has 0 unspecified atom stereocenters. The summed E-state index contributed by atoms with van der Waals surface area (Å²) in [6.07, 6.45) is 2.17. The molecule has 0 aromatic rings.